The molecule has 4 radical (unpaired) electrons. The molecule has 0 aliphatic rings. The first-order valence-electron chi connectivity index (χ1n) is 72.0. The van der Waals surface area contributed by atoms with E-state index in [0.29, 0.717) is 36.4 Å². The molecule has 8 nitrogen and oxygen atoms in total. The maximum Gasteiger partial charge on any atom is 0.0846 e. The molecule has 12 heteroatoms. The molecular formula is C110H112Ir4N8-4. The molecule has 632 valence electrons. The molecule has 0 saturated carbocycles. The topological polar surface area (TPSA) is 69.2 Å². The van der Waals surface area contributed by atoms with Gasteiger partial charge in [-0.25, -0.2) is 0 Å². The molecule has 0 unspecified atom stereocenters. The number of fused-ring (bicyclic) bond motifs is 24. The van der Waals surface area contributed by atoms with Gasteiger partial charge in [-0.3, -0.25) is 19.9 Å². The van der Waals surface area contributed by atoms with E-state index in [9.17, 15) is 9.60 Å². The zero-order valence-corrected chi connectivity index (χ0v) is 75.8. The van der Waals surface area contributed by atoms with E-state index in [1.807, 2.05) is 45.0 Å². The van der Waals surface area contributed by atoms with Crippen molar-refractivity contribution in [1.29, 1.82) is 0 Å². The molecule has 0 saturated heterocycles. The monoisotopic (exact) mass is 2390 g/mol. The van der Waals surface area contributed by atoms with Gasteiger partial charge in [-0.05, 0) is 149 Å². The van der Waals surface area contributed by atoms with Crippen LogP contribution in [-0.4, -0.2) is 37.5 Å². The summed E-state index contributed by atoms with van der Waals surface area (Å²) in [6, 6.07) is -4.95. The molecule has 0 amide bonds. The third kappa shape index (κ3) is 17.6. The van der Waals surface area contributed by atoms with Crippen molar-refractivity contribution in [3.8, 4) is 33.4 Å². The third-order valence-corrected chi connectivity index (χ3v) is 19.1. The van der Waals surface area contributed by atoms with Crippen LogP contribution in [0, 0.1) is 24.3 Å². The van der Waals surface area contributed by atoms with E-state index in [4.69, 9.17) is 89.1 Å². The van der Waals surface area contributed by atoms with Crippen molar-refractivity contribution in [2.24, 2.45) is 0 Å². The van der Waals surface area contributed by atoms with Gasteiger partial charge in [0.25, 0.3) is 0 Å². The van der Waals surface area contributed by atoms with E-state index in [1.165, 1.54) is 8.80 Å². The number of hydrogen-bond donors (Lipinski definition) is 0. The minimum atomic E-state index is -4.29. The Balaban J connectivity index is 0.000000224. The second kappa shape index (κ2) is 34.1. The maximum atomic E-state index is 9.51. The summed E-state index contributed by atoms with van der Waals surface area (Å²) in [6.07, 6.45) is -5.06. The summed E-state index contributed by atoms with van der Waals surface area (Å²) in [5.41, 5.74) is -27.7. The van der Waals surface area contributed by atoms with Crippen molar-refractivity contribution in [1.82, 2.24) is 37.5 Å². The molecule has 0 aliphatic heterocycles. The van der Waals surface area contributed by atoms with Gasteiger partial charge >= 0.3 is 0 Å². The normalized spacial score (nSPS) is 22.2. The molecule has 8 aromatic heterocycles. The summed E-state index contributed by atoms with van der Waals surface area (Å²) in [7, 11) is 0. The molecule has 0 spiro atoms. The summed E-state index contributed by atoms with van der Waals surface area (Å²) in [6.45, 7) is -26.8. The molecule has 0 N–H and O–H groups in total. The summed E-state index contributed by atoms with van der Waals surface area (Å²) < 4.78 is 616. The van der Waals surface area contributed by atoms with Gasteiger partial charge in [0.2, 0.25) is 0 Å². The Bertz CT molecular complexity index is 10700. The first-order valence-corrected chi connectivity index (χ1v) is 36.0. The summed E-state index contributed by atoms with van der Waals surface area (Å²) in [4.78, 5) is 16.2. The maximum absolute atomic E-state index is 9.51. The Morgan fingerprint density at radius 3 is 0.959 bits per heavy atom. The van der Waals surface area contributed by atoms with Crippen molar-refractivity contribution < 1.29 is 179 Å². The number of rotatable bonds is 3. The quantitative estimate of drug-likeness (QED) is 0.131. The molecule has 19 aromatic rings. The standard InChI is InChI=1S/3C29H29N2.C23H25N2.4Ir/c3*1-28(2,3)20-13-11-19(12-14-20)24-17-21(29(4,5)6)18-25-22-9-7-8-10-23(22)27-30-15-16-31(27)26(24)25;1-22(2,3)15-7-9-17-18(13-15)19-14-16(23(4,5)6)8-10-20(19)25-12-11-24-21(17)25;;;;/h3*7-9,11-18H,1-6H3;7-8,10-14H,1-6H3;;;;/q4*-1;;;;/i1D3,2D3,3D3,4D3,5D3,6D3,7D,8D,9D,11D,12D,13D,14D,15D,16D,17D,18D;7D,8D,9D,11D,12D,13D,14D,15D,16D,17D,18D;7D,8D,9D,15D,16D,17D,18D;1D3,2D3,3D3,4D3,5D3,6D3,7D,8D,10D,11D,12D,13D,14D;;;;. The van der Waals surface area contributed by atoms with Gasteiger partial charge in [-0.2, -0.15) is 0 Å². The zero-order chi connectivity index (χ0) is 145. The van der Waals surface area contributed by atoms with Gasteiger partial charge in [0, 0.05) is 229 Å². The number of nitrogens with zero attached hydrogens (tertiary/aromatic N) is 8. The van der Waals surface area contributed by atoms with E-state index < -0.39 is 360 Å². The van der Waals surface area contributed by atoms with Crippen molar-refractivity contribution in [2.45, 2.75) is 209 Å². The first-order chi connectivity index (χ1) is 85.6. The Kier molecular flexibility index (Phi) is 10.3. The third-order valence-electron chi connectivity index (χ3n) is 19.1. The molecule has 0 bridgehead atoms. The Morgan fingerprint density at radius 2 is 0.574 bits per heavy atom. The Labute approximate surface area is 876 Å². The van der Waals surface area contributed by atoms with Crippen molar-refractivity contribution >= 4 is 109 Å². The fraction of sp³-hybridized carbons (Fsp3) is 0.291. The number of pyridine rings is 4. The van der Waals surface area contributed by atoms with Crippen LogP contribution in [0.5, 0.6) is 0 Å². The van der Waals surface area contributed by atoms with Gasteiger partial charge in [-0.15, -0.1) is 118 Å². The van der Waals surface area contributed by atoms with Crippen LogP contribution in [0.4, 0.5) is 0 Å². The zero-order valence-electron chi connectivity index (χ0n) is 138. The average Bonchev–Trinajstić information content (AvgIpc) is 1.09. The van der Waals surface area contributed by atoms with Crippen LogP contribution in [-0.2, 0) is 124 Å². The van der Waals surface area contributed by atoms with Crippen molar-refractivity contribution in [3.05, 3.63) is 312 Å². The van der Waals surface area contributed by atoms with Crippen molar-refractivity contribution in [3.63, 3.8) is 0 Å². The van der Waals surface area contributed by atoms with E-state index in [2.05, 4.69) is 65.0 Å². The van der Waals surface area contributed by atoms with Gasteiger partial charge in [0.1, 0.15) is 0 Å². The van der Waals surface area contributed by atoms with Crippen LogP contribution in [0.2, 0.25) is 0 Å². The molecule has 0 fully saturated rings. The number of aromatic nitrogens is 8. The molecule has 19 rings (SSSR count). The Morgan fingerprint density at radius 1 is 0.270 bits per heavy atom. The molecule has 8 heterocycles. The number of hydrogen-bond acceptors (Lipinski definition) is 4. The first kappa shape index (κ1) is 36.8. The van der Waals surface area contributed by atoms with Crippen LogP contribution in [0.1, 0.15) is 309 Å². The smallest absolute Gasteiger partial charge is 0.0846 e. The predicted octanol–water partition coefficient (Wildman–Crippen LogP) is 29.1. The SMILES string of the molecule is [2H]c1[c-]c2c(c([2H])c1C(C([2H])([2H])[2H])(C([2H])([2H])[2H])C([2H])([2H])[2H])c1c([2H])c(C(C([2H])([2H])[2H])(C([2H])([2H])[2H])C([2H])([2H])[2H])c([2H])c([2H])c1n1c([2H])c([2H])nc21.[2H]c1[c-]c2c(c([2H])c1[2H])c1c([2H])c(C(C([2H])([2H])[2H])(C([2H])([2H])[2H])C([2H])([2H])[2H])c([2H])c(-c3c([2H])c([2H])c(C(C([2H])([2H])[2H])(C([2H])([2H])[2H])C([2H])([2H])[2H])c([2H])c3[2H])c1n1c([2H])c([2H])nc21.[2H]c1[c-]c2c(c([2H])c1[2H])c1c([2H])c(C(C)(C)C)c([2H])c(-c3c([2H])c([2H])c(C(C)(C)C)c([2H])c3[2H])c1n1c([2H])c([2H])nc21.[2H]c1[c-]c2c(c([2H])c1[2H])c1c([2H])c(C(C)(C)C)c([2H])c(-c3ccc(C(C)(C)C)cc3)c1n1c([2H])c([2H])nc21.[Ir].[Ir].[Ir].[Ir]. The molecule has 11 aromatic carbocycles. The van der Waals surface area contributed by atoms with Crippen LogP contribution < -0.4 is 0 Å². The second-order valence-electron chi connectivity index (χ2n) is 31.9. The van der Waals surface area contributed by atoms with Crippen LogP contribution in [0.3, 0.4) is 0 Å². The number of benzene rings is 11. The fourth-order valence-electron chi connectivity index (χ4n) is 13.0. The molecular weight excluding hydrogens is 2200 g/mol. The molecule has 122 heavy (non-hydrogen) atoms. The number of imidazole rings is 4. The van der Waals surface area contributed by atoms with Gasteiger partial charge < -0.3 is 17.6 Å². The van der Waals surface area contributed by atoms with E-state index in [-0.39, 0.29) is 219 Å². The summed E-state index contributed by atoms with van der Waals surface area (Å²) in [5, 5.41) is -4.19. The van der Waals surface area contributed by atoms with E-state index in [1.54, 1.807) is 41.5 Å². The second-order valence-corrected chi connectivity index (χ2v) is 31.9. The molecule has 0 atom stereocenters. The van der Waals surface area contributed by atoms with Gasteiger partial charge in [0.05, 0.1) is 56.9 Å². The van der Waals surface area contributed by atoms with E-state index >= 15 is 0 Å². The fourth-order valence-corrected chi connectivity index (χ4v) is 13.0. The minimum Gasteiger partial charge on any atom is -0.340 e. The van der Waals surface area contributed by atoms with Gasteiger partial charge in [-0.1, -0.05) is 290 Å². The largest absolute Gasteiger partial charge is 0.340 e. The van der Waals surface area contributed by atoms with Crippen LogP contribution >= 0.6 is 0 Å². The van der Waals surface area contributed by atoms with E-state index in [0.717, 1.165) is 5.56 Å². The average molecular weight is 2390 g/mol. The van der Waals surface area contributed by atoms with Crippen LogP contribution in [0.15, 0.2) is 243 Å². The van der Waals surface area contributed by atoms with Crippen LogP contribution in [0.25, 0.3) is 143 Å². The van der Waals surface area contributed by atoms with Gasteiger partial charge in [0.15, 0.2) is 0 Å². The minimum absolute atomic E-state index is 0. The summed E-state index contributed by atoms with van der Waals surface area (Å²) >= 11 is 0. The predicted molar refractivity (Wildman–Crippen MR) is 502 cm³/mol. The molecule has 0 aliphatic carbocycles. The van der Waals surface area contributed by atoms with Crippen molar-refractivity contribution in [2.75, 3.05) is 0 Å². The summed E-state index contributed by atoms with van der Waals surface area (Å²) in [5.74, 6) is 0. The Hall–Kier alpha value is -9.14.